The molecule has 0 saturated heterocycles. The Bertz CT molecular complexity index is 828. The molecule has 0 aliphatic heterocycles. The molecular weight excluding hydrogens is 413 g/mol. The second kappa shape index (κ2) is 15.4. The number of carbonyl (C=O) groups excluding carboxylic acids is 3. The van der Waals surface area contributed by atoms with Crippen LogP contribution in [0.25, 0.3) is 0 Å². The van der Waals surface area contributed by atoms with Crippen LogP contribution in [-0.4, -0.2) is 55.5 Å². The fraction of sp³-hybridized carbons (Fsp3) is 0.458. The van der Waals surface area contributed by atoms with Crippen molar-refractivity contribution in [2.24, 2.45) is 0 Å². The van der Waals surface area contributed by atoms with E-state index in [1.165, 1.54) is 25.3 Å². The lowest BCUT2D eigenvalue weighted by molar-refractivity contribution is -0.145. The normalized spacial score (nSPS) is 11.2. The number of ether oxygens (including phenoxy) is 1. The van der Waals surface area contributed by atoms with Crippen molar-refractivity contribution in [1.29, 1.82) is 0 Å². The highest BCUT2D eigenvalue weighted by atomic mass is 19.1. The molecule has 0 spiro atoms. The minimum Gasteiger partial charge on any atom is -0.467 e. The molecule has 0 fully saturated rings. The molecule has 0 unspecified atom stereocenters. The zero-order valence-corrected chi connectivity index (χ0v) is 18.4. The van der Waals surface area contributed by atoms with Gasteiger partial charge in [-0.1, -0.05) is 24.0 Å². The fourth-order valence-electron chi connectivity index (χ4n) is 3.00. The summed E-state index contributed by atoms with van der Waals surface area (Å²) in [5.41, 5.74) is 0.0933. The van der Waals surface area contributed by atoms with E-state index in [9.17, 15) is 18.8 Å². The number of halogens is 1. The summed E-state index contributed by atoms with van der Waals surface area (Å²) in [6.07, 6.45) is 12.8. The second-order valence-corrected chi connectivity index (χ2v) is 7.14. The quantitative estimate of drug-likeness (QED) is 0.262. The molecule has 2 N–H and O–H groups in total. The van der Waals surface area contributed by atoms with Gasteiger partial charge in [0.1, 0.15) is 11.9 Å². The molecule has 0 heterocycles. The highest BCUT2D eigenvalue weighted by Crippen LogP contribution is 2.13. The summed E-state index contributed by atoms with van der Waals surface area (Å²) in [5, 5.41) is 5.12. The fourth-order valence-corrected chi connectivity index (χ4v) is 3.00. The lowest BCUT2D eigenvalue weighted by Crippen LogP contribution is -2.41. The van der Waals surface area contributed by atoms with Gasteiger partial charge in [0.25, 0.3) is 0 Å². The highest BCUT2D eigenvalue weighted by Gasteiger charge is 2.21. The van der Waals surface area contributed by atoms with Crippen LogP contribution in [-0.2, 0) is 19.1 Å². The van der Waals surface area contributed by atoms with Crippen LogP contribution in [0.4, 0.5) is 10.1 Å². The van der Waals surface area contributed by atoms with Crippen molar-refractivity contribution in [3.8, 4) is 24.7 Å². The van der Waals surface area contributed by atoms with Crippen LogP contribution in [0.3, 0.4) is 0 Å². The number of nitrogens with one attached hydrogen (secondary N) is 2. The van der Waals surface area contributed by atoms with E-state index in [0.29, 0.717) is 32.5 Å². The number of carbonyl (C=O) groups is 3. The van der Waals surface area contributed by atoms with Gasteiger partial charge in [0.15, 0.2) is 0 Å². The maximum atomic E-state index is 13.6. The Balaban J connectivity index is 2.39. The summed E-state index contributed by atoms with van der Waals surface area (Å²) < 4.78 is 18.3. The maximum Gasteiger partial charge on any atom is 0.328 e. The Kier molecular flexibility index (Phi) is 12.9. The molecule has 1 aromatic carbocycles. The number of rotatable bonds is 14. The van der Waals surface area contributed by atoms with Gasteiger partial charge in [-0.2, -0.15) is 0 Å². The molecule has 0 aliphatic carbocycles. The van der Waals surface area contributed by atoms with E-state index in [1.807, 2.05) is 4.90 Å². The van der Waals surface area contributed by atoms with Crippen molar-refractivity contribution in [2.75, 3.05) is 32.1 Å². The van der Waals surface area contributed by atoms with Gasteiger partial charge >= 0.3 is 5.97 Å². The van der Waals surface area contributed by atoms with Crippen LogP contribution in [0.5, 0.6) is 0 Å². The number of para-hydroxylation sites is 1. The maximum absolute atomic E-state index is 13.6. The van der Waals surface area contributed by atoms with Gasteiger partial charge in [0.2, 0.25) is 11.8 Å². The molecule has 1 rings (SSSR count). The molecule has 172 valence electrons. The van der Waals surface area contributed by atoms with E-state index >= 15 is 0 Å². The van der Waals surface area contributed by atoms with Crippen molar-refractivity contribution in [3.05, 3.63) is 30.1 Å². The average molecular weight is 444 g/mol. The van der Waals surface area contributed by atoms with E-state index in [-0.39, 0.29) is 30.9 Å². The molecule has 0 bridgehead atoms. The van der Waals surface area contributed by atoms with Crippen molar-refractivity contribution >= 4 is 23.5 Å². The third kappa shape index (κ3) is 10.6. The van der Waals surface area contributed by atoms with E-state index in [2.05, 4.69) is 22.5 Å². The molecule has 0 radical (unpaired) electrons. The van der Waals surface area contributed by atoms with Crippen molar-refractivity contribution in [3.63, 3.8) is 0 Å². The number of anilines is 1. The van der Waals surface area contributed by atoms with Crippen molar-refractivity contribution in [2.45, 2.75) is 44.6 Å². The molecular formula is C24H30FN3O4. The van der Waals surface area contributed by atoms with Crippen molar-refractivity contribution in [1.82, 2.24) is 10.2 Å². The first-order valence-electron chi connectivity index (χ1n) is 10.4. The smallest absolute Gasteiger partial charge is 0.328 e. The minimum absolute atomic E-state index is 0.0465. The molecule has 1 atom stereocenters. The molecule has 7 nitrogen and oxygen atoms in total. The Labute approximate surface area is 189 Å². The van der Waals surface area contributed by atoms with Gasteiger partial charge < -0.3 is 15.4 Å². The van der Waals surface area contributed by atoms with Gasteiger partial charge in [0, 0.05) is 19.4 Å². The van der Waals surface area contributed by atoms with E-state index in [0.717, 1.165) is 6.42 Å². The molecule has 8 heteroatoms. The van der Waals surface area contributed by atoms with Crippen LogP contribution >= 0.6 is 0 Å². The lowest BCUT2D eigenvalue weighted by atomic mass is 10.1. The average Bonchev–Trinajstić information content (AvgIpc) is 2.77. The highest BCUT2D eigenvalue weighted by molar-refractivity contribution is 5.91. The lowest BCUT2D eigenvalue weighted by Gasteiger charge is -2.19. The van der Waals surface area contributed by atoms with Gasteiger partial charge in [0.05, 0.1) is 25.9 Å². The predicted octanol–water partition coefficient (Wildman–Crippen LogP) is 2.33. The minimum atomic E-state index is -0.770. The standard InChI is InChI=1S/C24H30FN3O4/c1-4-16-28(17-5-2)18-9-8-13-21(24(31)32-3)27-23(30)15-10-14-22(29)26-20-12-7-6-11-19(20)25/h1-2,6-7,11-12,21H,8-10,13-18H2,3H3,(H,26,29)(H,27,30)/t21-/m0/s1. The van der Waals surface area contributed by atoms with E-state index < -0.39 is 23.7 Å². The third-order valence-corrected chi connectivity index (χ3v) is 4.62. The monoisotopic (exact) mass is 443 g/mol. The first-order valence-corrected chi connectivity index (χ1v) is 10.4. The van der Waals surface area contributed by atoms with Crippen LogP contribution < -0.4 is 10.6 Å². The number of methoxy groups -OCH3 is 1. The molecule has 0 aromatic heterocycles. The van der Waals surface area contributed by atoms with Gasteiger partial charge in [-0.25, -0.2) is 9.18 Å². The first-order chi connectivity index (χ1) is 15.4. The molecule has 0 aliphatic rings. The van der Waals surface area contributed by atoms with Crippen LogP contribution in [0.2, 0.25) is 0 Å². The number of hydrogen-bond donors (Lipinski definition) is 2. The number of unbranched alkanes of at least 4 members (excludes halogenated alkanes) is 1. The molecule has 1 aromatic rings. The Morgan fingerprint density at radius 2 is 1.72 bits per heavy atom. The zero-order chi connectivity index (χ0) is 23.8. The summed E-state index contributed by atoms with van der Waals surface area (Å²) in [6, 6.07) is 5.07. The van der Waals surface area contributed by atoms with Crippen molar-refractivity contribution < 1.29 is 23.5 Å². The van der Waals surface area contributed by atoms with E-state index in [4.69, 9.17) is 17.6 Å². The van der Waals surface area contributed by atoms with Gasteiger partial charge in [-0.3, -0.25) is 14.5 Å². The number of hydrogen-bond acceptors (Lipinski definition) is 5. The predicted molar refractivity (Wildman–Crippen MR) is 121 cm³/mol. The molecule has 2 amide bonds. The Morgan fingerprint density at radius 1 is 1.06 bits per heavy atom. The summed E-state index contributed by atoms with van der Waals surface area (Å²) in [6.45, 7) is 1.59. The number of benzene rings is 1. The second-order valence-electron chi connectivity index (χ2n) is 7.14. The van der Waals surface area contributed by atoms with Crippen LogP contribution in [0, 0.1) is 30.5 Å². The summed E-state index contributed by atoms with van der Waals surface area (Å²) >= 11 is 0. The van der Waals surface area contributed by atoms with Gasteiger partial charge in [-0.05, 0) is 37.8 Å². The number of esters is 1. The van der Waals surface area contributed by atoms with Crippen LogP contribution in [0.15, 0.2) is 24.3 Å². The SMILES string of the molecule is C#CCN(CC#C)CCCC[C@H](NC(=O)CCCC(=O)Nc1ccccc1F)C(=O)OC. The summed E-state index contributed by atoms with van der Waals surface area (Å²) in [5.74, 6) is 3.30. The van der Waals surface area contributed by atoms with Crippen LogP contribution in [0.1, 0.15) is 38.5 Å². The number of amides is 2. The summed E-state index contributed by atoms with van der Waals surface area (Å²) in [4.78, 5) is 38.1. The van der Waals surface area contributed by atoms with Gasteiger partial charge in [-0.15, -0.1) is 12.8 Å². The van der Waals surface area contributed by atoms with E-state index in [1.54, 1.807) is 6.07 Å². The Morgan fingerprint density at radius 3 is 2.34 bits per heavy atom. The largest absolute Gasteiger partial charge is 0.467 e. The first kappa shape index (κ1) is 26.7. The number of nitrogens with zero attached hydrogens (tertiary/aromatic N) is 1. The number of terminal acetylenes is 2. The zero-order valence-electron chi connectivity index (χ0n) is 18.4. The molecule has 0 saturated carbocycles. The Hall–Kier alpha value is -3.36. The topological polar surface area (TPSA) is 87.7 Å². The molecule has 32 heavy (non-hydrogen) atoms. The summed E-state index contributed by atoms with van der Waals surface area (Å²) in [7, 11) is 1.26. The third-order valence-electron chi connectivity index (χ3n) is 4.62.